The predicted molar refractivity (Wildman–Crippen MR) is 79.7 cm³/mol. The first kappa shape index (κ1) is 13.6. The molecule has 98 valence electrons. The van der Waals surface area contributed by atoms with Crippen LogP contribution in [0.15, 0.2) is 40.9 Å². The van der Waals surface area contributed by atoms with E-state index in [0.717, 1.165) is 10.0 Å². The van der Waals surface area contributed by atoms with Crippen molar-refractivity contribution < 1.29 is 9.90 Å². The van der Waals surface area contributed by atoms with Crippen molar-refractivity contribution in [3.63, 3.8) is 0 Å². The molecule has 0 aromatic heterocycles. The number of phenolic OH excluding ortho intramolecular Hbond substituents is 1. The van der Waals surface area contributed by atoms with Crippen LogP contribution in [-0.2, 0) is 0 Å². The Hall–Kier alpha value is -1.81. The molecule has 0 spiro atoms. The zero-order valence-electron chi connectivity index (χ0n) is 10.7. The van der Waals surface area contributed by atoms with E-state index in [-0.39, 0.29) is 11.7 Å². The Bertz CT molecular complexity index is 638. The van der Waals surface area contributed by atoms with Gasteiger partial charge in [0.1, 0.15) is 5.75 Å². The molecule has 0 heterocycles. The number of hydrogen-bond acceptors (Lipinski definition) is 2. The van der Waals surface area contributed by atoms with Crippen LogP contribution in [0.4, 0.5) is 5.69 Å². The summed E-state index contributed by atoms with van der Waals surface area (Å²) in [4.78, 5) is 12.1. The van der Waals surface area contributed by atoms with E-state index in [1.54, 1.807) is 25.1 Å². The fourth-order valence-electron chi connectivity index (χ4n) is 1.74. The van der Waals surface area contributed by atoms with Crippen LogP contribution < -0.4 is 5.32 Å². The van der Waals surface area contributed by atoms with Crippen LogP contribution in [0.25, 0.3) is 0 Å². The lowest BCUT2D eigenvalue weighted by Crippen LogP contribution is -2.13. The molecule has 0 aliphatic heterocycles. The number of nitrogens with one attached hydrogen (secondary N) is 1. The molecular formula is C15H14BrNO2. The van der Waals surface area contributed by atoms with Crippen molar-refractivity contribution in [3.8, 4) is 5.75 Å². The Kier molecular flexibility index (Phi) is 3.90. The van der Waals surface area contributed by atoms with Crippen LogP contribution in [0.1, 0.15) is 21.5 Å². The number of aromatic hydroxyl groups is 1. The monoisotopic (exact) mass is 319 g/mol. The minimum Gasteiger partial charge on any atom is -0.508 e. The SMILES string of the molecule is Cc1ccc(NC(=O)c2cccc(O)c2C)cc1Br. The first-order valence-corrected chi connectivity index (χ1v) is 6.64. The molecule has 0 unspecified atom stereocenters. The first-order valence-electron chi connectivity index (χ1n) is 5.85. The van der Waals surface area contributed by atoms with E-state index in [4.69, 9.17) is 0 Å². The standard InChI is InChI=1S/C15H14BrNO2/c1-9-6-7-11(8-13(9)16)17-15(19)12-4-3-5-14(18)10(12)2/h3-8,18H,1-2H3,(H,17,19). The Morgan fingerprint density at radius 3 is 2.63 bits per heavy atom. The third-order valence-corrected chi connectivity index (χ3v) is 3.83. The van der Waals surface area contributed by atoms with Gasteiger partial charge in [0, 0.05) is 21.3 Å². The highest BCUT2D eigenvalue weighted by atomic mass is 79.9. The normalized spacial score (nSPS) is 10.3. The highest BCUT2D eigenvalue weighted by Gasteiger charge is 2.11. The summed E-state index contributed by atoms with van der Waals surface area (Å²) in [5.41, 5.74) is 2.86. The molecule has 2 aromatic carbocycles. The number of rotatable bonds is 2. The van der Waals surface area contributed by atoms with Crippen LogP contribution in [-0.4, -0.2) is 11.0 Å². The predicted octanol–water partition coefficient (Wildman–Crippen LogP) is 4.02. The van der Waals surface area contributed by atoms with Crippen LogP contribution in [0.3, 0.4) is 0 Å². The molecule has 3 nitrogen and oxygen atoms in total. The van der Waals surface area contributed by atoms with E-state index < -0.39 is 0 Å². The summed E-state index contributed by atoms with van der Waals surface area (Å²) < 4.78 is 0.943. The number of carbonyl (C=O) groups is 1. The Balaban J connectivity index is 2.26. The van der Waals surface area contributed by atoms with Gasteiger partial charge >= 0.3 is 0 Å². The van der Waals surface area contributed by atoms with Crippen molar-refractivity contribution in [1.29, 1.82) is 0 Å². The van der Waals surface area contributed by atoms with Crippen molar-refractivity contribution in [1.82, 2.24) is 0 Å². The number of hydrogen-bond donors (Lipinski definition) is 2. The second kappa shape index (κ2) is 5.45. The van der Waals surface area contributed by atoms with Crippen molar-refractivity contribution in [3.05, 3.63) is 57.6 Å². The zero-order chi connectivity index (χ0) is 14.0. The largest absolute Gasteiger partial charge is 0.508 e. The maximum absolute atomic E-state index is 12.1. The summed E-state index contributed by atoms with van der Waals surface area (Å²) in [6.07, 6.45) is 0. The first-order chi connectivity index (χ1) is 8.99. The maximum atomic E-state index is 12.1. The maximum Gasteiger partial charge on any atom is 0.256 e. The van der Waals surface area contributed by atoms with Gasteiger partial charge in [0.05, 0.1) is 0 Å². The molecule has 0 saturated carbocycles. The Morgan fingerprint density at radius 2 is 1.95 bits per heavy atom. The van der Waals surface area contributed by atoms with Gasteiger partial charge < -0.3 is 10.4 Å². The van der Waals surface area contributed by atoms with E-state index in [9.17, 15) is 9.90 Å². The molecular weight excluding hydrogens is 306 g/mol. The number of halogens is 1. The molecule has 2 aromatic rings. The van der Waals surface area contributed by atoms with Gasteiger partial charge in [0.2, 0.25) is 0 Å². The quantitative estimate of drug-likeness (QED) is 0.878. The number of phenols is 1. The number of amides is 1. The molecule has 0 atom stereocenters. The van der Waals surface area contributed by atoms with Gasteiger partial charge in [0.25, 0.3) is 5.91 Å². The van der Waals surface area contributed by atoms with Crippen molar-refractivity contribution in [2.24, 2.45) is 0 Å². The van der Waals surface area contributed by atoms with E-state index in [2.05, 4.69) is 21.2 Å². The van der Waals surface area contributed by atoms with Crippen molar-refractivity contribution in [2.45, 2.75) is 13.8 Å². The fraction of sp³-hybridized carbons (Fsp3) is 0.133. The average Bonchev–Trinajstić information content (AvgIpc) is 2.37. The molecule has 0 aliphatic rings. The molecule has 2 N–H and O–H groups in total. The van der Waals surface area contributed by atoms with Gasteiger partial charge in [0.15, 0.2) is 0 Å². The highest BCUT2D eigenvalue weighted by molar-refractivity contribution is 9.10. The summed E-state index contributed by atoms with van der Waals surface area (Å²) in [5.74, 6) is -0.109. The number of benzene rings is 2. The van der Waals surface area contributed by atoms with Gasteiger partial charge in [-0.1, -0.05) is 28.1 Å². The van der Waals surface area contributed by atoms with Crippen LogP contribution in [0.2, 0.25) is 0 Å². The molecule has 1 amide bonds. The molecule has 19 heavy (non-hydrogen) atoms. The van der Waals surface area contributed by atoms with Gasteiger partial charge in [-0.05, 0) is 43.7 Å². The number of carbonyl (C=O) groups excluding carboxylic acids is 1. The molecule has 0 bridgehead atoms. The van der Waals surface area contributed by atoms with Crippen LogP contribution in [0, 0.1) is 13.8 Å². The third kappa shape index (κ3) is 2.96. The lowest BCUT2D eigenvalue weighted by Gasteiger charge is -2.09. The smallest absolute Gasteiger partial charge is 0.256 e. The summed E-state index contributed by atoms with van der Waals surface area (Å²) >= 11 is 3.43. The minimum atomic E-state index is -0.232. The van der Waals surface area contributed by atoms with E-state index in [1.807, 2.05) is 25.1 Å². The lowest BCUT2D eigenvalue weighted by atomic mass is 10.1. The van der Waals surface area contributed by atoms with Gasteiger partial charge in [-0.25, -0.2) is 0 Å². The van der Waals surface area contributed by atoms with Crippen molar-refractivity contribution in [2.75, 3.05) is 5.32 Å². The summed E-state index contributed by atoms with van der Waals surface area (Å²) in [7, 11) is 0. The molecule has 2 rings (SSSR count). The highest BCUT2D eigenvalue weighted by Crippen LogP contribution is 2.23. The number of anilines is 1. The van der Waals surface area contributed by atoms with Crippen LogP contribution >= 0.6 is 15.9 Å². The number of aryl methyl sites for hydroxylation is 1. The summed E-state index contributed by atoms with van der Waals surface area (Å²) in [6.45, 7) is 3.70. The summed E-state index contributed by atoms with van der Waals surface area (Å²) in [6, 6.07) is 10.5. The minimum absolute atomic E-state index is 0.123. The fourth-order valence-corrected chi connectivity index (χ4v) is 2.12. The molecule has 0 saturated heterocycles. The lowest BCUT2D eigenvalue weighted by molar-refractivity contribution is 0.102. The average molecular weight is 320 g/mol. The van der Waals surface area contributed by atoms with Crippen molar-refractivity contribution >= 4 is 27.5 Å². The molecule has 0 radical (unpaired) electrons. The van der Waals surface area contributed by atoms with Gasteiger partial charge in [-0.3, -0.25) is 4.79 Å². The Morgan fingerprint density at radius 1 is 1.21 bits per heavy atom. The van der Waals surface area contributed by atoms with Gasteiger partial charge in [-0.2, -0.15) is 0 Å². The van der Waals surface area contributed by atoms with E-state index in [0.29, 0.717) is 16.8 Å². The third-order valence-electron chi connectivity index (χ3n) is 2.98. The van der Waals surface area contributed by atoms with Crippen LogP contribution in [0.5, 0.6) is 5.75 Å². The molecule has 0 aliphatic carbocycles. The van der Waals surface area contributed by atoms with Gasteiger partial charge in [-0.15, -0.1) is 0 Å². The Labute approximate surface area is 120 Å². The summed E-state index contributed by atoms with van der Waals surface area (Å²) in [5, 5.41) is 12.4. The molecule has 0 fully saturated rings. The second-order valence-electron chi connectivity index (χ2n) is 4.37. The second-order valence-corrected chi connectivity index (χ2v) is 5.22. The zero-order valence-corrected chi connectivity index (χ0v) is 12.3. The van der Waals surface area contributed by atoms with E-state index in [1.165, 1.54) is 0 Å². The molecule has 4 heteroatoms. The topological polar surface area (TPSA) is 49.3 Å². The van der Waals surface area contributed by atoms with E-state index >= 15 is 0 Å².